The molecule has 0 aliphatic carbocycles. The van der Waals surface area contributed by atoms with Crippen molar-refractivity contribution in [2.45, 2.75) is 40.2 Å². The van der Waals surface area contributed by atoms with E-state index in [1.165, 1.54) is 0 Å². The molecule has 2 aromatic heterocycles. The number of carbonyl (C=O) groups is 1. The van der Waals surface area contributed by atoms with Gasteiger partial charge in [-0.15, -0.1) is 0 Å². The number of rotatable bonds is 6. The highest BCUT2D eigenvalue weighted by molar-refractivity contribution is 5.99. The molecule has 1 aromatic carbocycles. The zero-order chi connectivity index (χ0) is 21.1. The molecule has 158 valence electrons. The van der Waals surface area contributed by atoms with Crippen molar-refractivity contribution >= 4 is 22.8 Å². The molecule has 0 saturated carbocycles. The third kappa shape index (κ3) is 3.91. The van der Waals surface area contributed by atoms with Crippen LogP contribution in [0, 0.1) is 5.92 Å². The van der Waals surface area contributed by atoms with Gasteiger partial charge in [0, 0.05) is 37.9 Å². The van der Waals surface area contributed by atoms with E-state index >= 15 is 0 Å². The lowest BCUT2D eigenvalue weighted by molar-refractivity contribution is -0.133. The molecule has 0 radical (unpaired) electrons. The second-order valence-corrected chi connectivity index (χ2v) is 8.17. The van der Waals surface area contributed by atoms with E-state index in [9.17, 15) is 4.79 Å². The summed E-state index contributed by atoms with van der Waals surface area (Å²) in [4.78, 5) is 26.6. The van der Waals surface area contributed by atoms with E-state index in [0.29, 0.717) is 12.5 Å². The van der Waals surface area contributed by atoms with Gasteiger partial charge < -0.3 is 14.4 Å². The Hall–Kier alpha value is -2.89. The molecule has 0 spiro atoms. The van der Waals surface area contributed by atoms with Gasteiger partial charge in [0.25, 0.3) is 0 Å². The van der Waals surface area contributed by atoms with E-state index in [1.54, 1.807) is 6.33 Å². The van der Waals surface area contributed by atoms with Crippen molar-refractivity contribution in [3.63, 3.8) is 0 Å². The largest absolute Gasteiger partial charge is 0.355 e. The maximum absolute atomic E-state index is 13.1. The van der Waals surface area contributed by atoms with Crippen LogP contribution >= 0.6 is 0 Å². The molecule has 1 fully saturated rings. The minimum Gasteiger partial charge on any atom is -0.355 e. The maximum Gasteiger partial charge on any atom is 0.242 e. The predicted molar refractivity (Wildman–Crippen MR) is 122 cm³/mol. The quantitative estimate of drug-likeness (QED) is 0.617. The van der Waals surface area contributed by atoms with E-state index in [1.807, 2.05) is 23.1 Å². The number of aromatic nitrogens is 3. The van der Waals surface area contributed by atoms with E-state index in [4.69, 9.17) is 0 Å². The first-order valence-electron chi connectivity index (χ1n) is 11.0. The summed E-state index contributed by atoms with van der Waals surface area (Å²) in [6, 6.07) is 10.3. The van der Waals surface area contributed by atoms with Crippen LogP contribution < -0.4 is 4.90 Å². The van der Waals surface area contributed by atoms with Gasteiger partial charge in [-0.3, -0.25) is 4.79 Å². The van der Waals surface area contributed by atoms with Crippen molar-refractivity contribution in [2.75, 3.05) is 31.1 Å². The summed E-state index contributed by atoms with van der Waals surface area (Å²) in [6.07, 6.45) is 5.88. The Balaban J connectivity index is 1.78. The summed E-state index contributed by atoms with van der Waals surface area (Å²) in [6.45, 7) is 10.2. The van der Waals surface area contributed by atoms with Crippen molar-refractivity contribution in [3.05, 3.63) is 42.9 Å². The van der Waals surface area contributed by atoms with Crippen LogP contribution in [0.5, 0.6) is 0 Å². The van der Waals surface area contributed by atoms with E-state index < -0.39 is 0 Å². The van der Waals surface area contributed by atoms with Crippen LogP contribution in [-0.4, -0.2) is 51.5 Å². The average Bonchev–Trinajstić information content (AvgIpc) is 3.15. The highest BCUT2D eigenvalue weighted by Crippen LogP contribution is 2.33. The first-order chi connectivity index (χ1) is 14.6. The van der Waals surface area contributed by atoms with Crippen molar-refractivity contribution in [1.29, 1.82) is 0 Å². The molecule has 1 saturated heterocycles. The zero-order valence-corrected chi connectivity index (χ0v) is 18.2. The second-order valence-electron chi connectivity index (χ2n) is 8.17. The van der Waals surface area contributed by atoms with Crippen LogP contribution in [0.4, 0.5) is 5.82 Å². The number of amides is 1. The molecule has 4 rings (SSSR count). The Labute approximate surface area is 178 Å². The van der Waals surface area contributed by atoms with Crippen LogP contribution in [0.15, 0.2) is 42.9 Å². The number of hydrogen-bond acceptors (Lipinski definition) is 4. The van der Waals surface area contributed by atoms with Gasteiger partial charge in [-0.2, -0.15) is 0 Å². The minimum absolute atomic E-state index is 0.174. The van der Waals surface area contributed by atoms with Gasteiger partial charge in [0.05, 0.1) is 0 Å². The molecule has 0 N–H and O–H groups in total. The predicted octanol–water partition coefficient (Wildman–Crippen LogP) is 4.20. The smallest absolute Gasteiger partial charge is 0.242 e. The third-order valence-corrected chi connectivity index (χ3v) is 6.22. The van der Waals surface area contributed by atoms with Gasteiger partial charge >= 0.3 is 0 Å². The summed E-state index contributed by atoms with van der Waals surface area (Å²) >= 11 is 0. The first kappa shape index (κ1) is 20.4. The average molecular weight is 406 g/mol. The number of fused-ring (bicyclic) bond motifs is 1. The molecule has 6 nitrogen and oxygen atoms in total. The topological polar surface area (TPSA) is 54.3 Å². The van der Waals surface area contributed by atoms with Gasteiger partial charge in [-0.25, -0.2) is 9.97 Å². The van der Waals surface area contributed by atoms with E-state index in [2.05, 4.69) is 58.5 Å². The molecular weight excluding hydrogens is 374 g/mol. The monoisotopic (exact) mass is 405 g/mol. The molecule has 30 heavy (non-hydrogen) atoms. The highest BCUT2D eigenvalue weighted by atomic mass is 16.2. The molecule has 0 unspecified atom stereocenters. The van der Waals surface area contributed by atoms with Crippen molar-refractivity contribution in [3.8, 4) is 11.1 Å². The Kier molecular flexibility index (Phi) is 6.02. The van der Waals surface area contributed by atoms with Crippen LogP contribution in [0.2, 0.25) is 0 Å². The van der Waals surface area contributed by atoms with Gasteiger partial charge in [-0.05, 0) is 38.2 Å². The third-order valence-electron chi connectivity index (χ3n) is 6.22. The van der Waals surface area contributed by atoms with Crippen LogP contribution in [0.25, 0.3) is 22.2 Å². The lowest BCUT2D eigenvalue weighted by Gasteiger charge is -2.30. The lowest BCUT2D eigenvalue weighted by atomic mass is 9.99. The zero-order valence-electron chi connectivity index (χ0n) is 18.2. The summed E-state index contributed by atoms with van der Waals surface area (Å²) in [7, 11) is 0. The lowest BCUT2D eigenvalue weighted by Crippen LogP contribution is -2.39. The summed E-state index contributed by atoms with van der Waals surface area (Å²) in [5.41, 5.74) is 3.99. The number of nitrogens with zero attached hydrogens (tertiary/aromatic N) is 5. The molecule has 1 aliphatic heterocycles. The maximum atomic E-state index is 13.1. The van der Waals surface area contributed by atoms with Gasteiger partial charge in [-0.1, -0.05) is 37.3 Å². The Morgan fingerprint density at radius 1 is 1.10 bits per heavy atom. The van der Waals surface area contributed by atoms with E-state index in [0.717, 1.165) is 67.0 Å². The fraction of sp³-hybridized carbons (Fsp3) is 0.458. The van der Waals surface area contributed by atoms with Gasteiger partial charge in [0.2, 0.25) is 5.91 Å². The Morgan fingerprint density at radius 2 is 1.80 bits per heavy atom. The molecule has 0 atom stereocenters. The van der Waals surface area contributed by atoms with E-state index in [-0.39, 0.29) is 5.91 Å². The molecule has 1 amide bonds. The summed E-state index contributed by atoms with van der Waals surface area (Å²) in [5, 5.41) is 0. The number of piperidine rings is 1. The molecule has 6 heteroatoms. The normalized spacial score (nSPS) is 15.0. The molecule has 3 heterocycles. The molecular formula is C24H31N5O. The number of anilines is 1. The van der Waals surface area contributed by atoms with Crippen molar-refractivity contribution in [2.24, 2.45) is 5.92 Å². The van der Waals surface area contributed by atoms with Crippen LogP contribution in [0.3, 0.4) is 0 Å². The second kappa shape index (κ2) is 8.86. The SMILES string of the molecule is CCN(CC)c1ncnc2c(-c3ccccc3)cn(CC(=O)N3CCC(C)CC3)c12. The van der Waals surface area contributed by atoms with Gasteiger partial charge in [0.1, 0.15) is 23.9 Å². The molecule has 3 aromatic rings. The fourth-order valence-electron chi connectivity index (χ4n) is 4.32. The fourth-order valence-corrected chi connectivity index (χ4v) is 4.32. The van der Waals surface area contributed by atoms with Crippen molar-refractivity contribution < 1.29 is 4.79 Å². The summed E-state index contributed by atoms with van der Waals surface area (Å²) < 4.78 is 2.06. The Bertz CT molecular complexity index is 1000. The van der Waals surface area contributed by atoms with Gasteiger partial charge in [0.15, 0.2) is 5.82 Å². The van der Waals surface area contributed by atoms with Crippen molar-refractivity contribution in [1.82, 2.24) is 19.4 Å². The number of benzene rings is 1. The van der Waals surface area contributed by atoms with Crippen LogP contribution in [0.1, 0.15) is 33.6 Å². The summed E-state index contributed by atoms with van der Waals surface area (Å²) in [5.74, 6) is 1.77. The Morgan fingerprint density at radius 3 is 2.47 bits per heavy atom. The number of carbonyl (C=O) groups excluding carboxylic acids is 1. The first-order valence-corrected chi connectivity index (χ1v) is 11.0. The molecule has 1 aliphatic rings. The highest BCUT2D eigenvalue weighted by Gasteiger charge is 2.24. The van der Waals surface area contributed by atoms with Crippen LogP contribution in [-0.2, 0) is 11.3 Å². The minimum atomic E-state index is 0.174. The number of likely N-dealkylation sites (tertiary alicyclic amines) is 1. The number of hydrogen-bond donors (Lipinski definition) is 0. The molecule has 0 bridgehead atoms. The standard InChI is InChI=1S/C24H31N5O/c1-4-27(5-2)24-23-22(25-17-26-24)20(19-9-7-6-8-10-19)15-29(23)16-21(30)28-13-11-18(3)12-14-28/h6-10,15,17-18H,4-5,11-14,16H2,1-3H3.